The van der Waals surface area contributed by atoms with Crippen molar-refractivity contribution < 1.29 is 13.2 Å². The third-order valence-corrected chi connectivity index (χ3v) is 8.07. The third-order valence-electron chi connectivity index (χ3n) is 3.56. The number of halogens is 4. The highest BCUT2D eigenvalue weighted by molar-refractivity contribution is 9.10. The lowest BCUT2D eigenvalue weighted by Gasteiger charge is -2.45. The maximum atomic E-state index is 13.9. The molecule has 0 aliphatic carbocycles. The minimum absolute atomic E-state index is 0.0102. The molecular weight excluding hydrogens is 381 g/mol. The first-order valence-electron chi connectivity index (χ1n) is 6.71. The van der Waals surface area contributed by atoms with E-state index in [0.29, 0.717) is 11.3 Å². The topological polar surface area (TPSA) is 0 Å². The molecule has 0 aromatic heterocycles. The van der Waals surface area contributed by atoms with Gasteiger partial charge >= 0.3 is 6.18 Å². The highest BCUT2D eigenvalue weighted by Gasteiger charge is 2.60. The van der Waals surface area contributed by atoms with Crippen molar-refractivity contribution in [2.45, 2.75) is 42.7 Å². The molecule has 2 rings (SSSR count). The van der Waals surface area contributed by atoms with Crippen molar-refractivity contribution in [1.82, 2.24) is 0 Å². The fourth-order valence-corrected chi connectivity index (χ4v) is 6.13. The van der Waals surface area contributed by atoms with Gasteiger partial charge in [0.05, 0.1) is 0 Å². The van der Waals surface area contributed by atoms with Crippen LogP contribution in [0, 0.1) is 5.41 Å². The minimum atomic E-state index is -4.28. The summed E-state index contributed by atoms with van der Waals surface area (Å²) in [4.78, 5) is 0. The minimum Gasteiger partial charge on any atom is -0.168 e. The molecule has 2 atom stereocenters. The standard InChI is InChI=1S/C15H18BrF3S2/c1-13(2,3)12-8-9-20-14(21-12,15(17,18)19)10-4-6-11(16)7-5-10/h4-7,12H,8-9H2,1-3H3. The summed E-state index contributed by atoms with van der Waals surface area (Å²) in [6, 6.07) is 6.54. The van der Waals surface area contributed by atoms with Gasteiger partial charge in [0, 0.05) is 9.72 Å². The van der Waals surface area contributed by atoms with Crippen LogP contribution in [0.5, 0.6) is 0 Å². The van der Waals surface area contributed by atoms with Crippen LogP contribution < -0.4 is 0 Å². The van der Waals surface area contributed by atoms with Gasteiger partial charge in [-0.25, -0.2) is 0 Å². The summed E-state index contributed by atoms with van der Waals surface area (Å²) >= 11 is 5.38. The number of benzene rings is 1. The van der Waals surface area contributed by atoms with Crippen molar-refractivity contribution >= 4 is 39.5 Å². The number of thioether (sulfide) groups is 2. The van der Waals surface area contributed by atoms with E-state index < -0.39 is 10.3 Å². The van der Waals surface area contributed by atoms with Crippen molar-refractivity contribution in [2.75, 3.05) is 5.75 Å². The number of rotatable bonds is 1. The lowest BCUT2D eigenvalue weighted by Crippen LogP contribution is -2.43. The molecule has 1 aromatic rings. The predicted molar refractivity (Wildman–Crippen MR) is 89.8 cm³/mol. The summed E-state index contributed by atoms with van der Waals surface area (Å²) in [6.07, 6.45) is -3.47. The van der Waals surface area contributed by atoms with E-state index in [2.05, 4.69) is 15.9 Å². The second-order valence-electron chi connectivity index (χ2n) is 6.23. The highest BCUT2D eigenvalue weighted by Crippen LogP contribution is 2.63. The molecule has 0 nitrogen and oxygen atoms in total. The zero-order valence-electron chi connectivity index (χ0n) is 12.1. The summed E-state index contributed by atoms with van der Waals surface area (Å²) in [6.45, 7) is 6.05. The SMILES string of the molecule is CC(C)(C)C1CCSC(c2ccc(Br)cc2)(C(F)(F)F)S1. The first kappa shape index (κ1) is 17.5. The van der Waals surface area contributed by atoms with Crippen LogP contribution in [0.4, 0.5) is 13.2 Å². The molecule has 1 heterocycles. The van der Waals surface area contributed by atoms with E-state index in [1.54, 1.807) is 24.3 Å². The van der Waals surface area contributed by atoms with Gasteiger partial charge in [0.15, 0.2) is 4.08 Å². The summed E-state index contributed by atoms with van der Waals surface area (Å²) in [5.41, 5.74) is 0.194. The van der Waals surface area contributed by atoms with E-state index in [4.69, 9.17) is 0 Å². The Morgan fingerprint density at radius 2 is 1.71 bits per heavy atom. The van der Waals surface area contributed by atoms with Gasteiger partial charge in [0.25, 0.3) is 0 Å². The van der Waals surface area contributed by atoms with Crippen molar-refractivity contribution in [3.05, 3.63) is 34.3 Å². The van der Waals surface area contributed by atoms with Gasteiger partial charge < -0.3 is 0 Å². The van der Waals surface area contributed by atoms with Crippen molar-refractivity contribution in [1.29, 1.82) is 0 Å². The summed E-state index contributed by atoms with van der Waals surface area (Å²) in [7, 11) is 0. The Morgan fingerprint density at radius 1 is 1.14 bits per heavy atom. The second kappa shape index (κ2) is 6.00. The van der Waals surface area contributed by atoms with E-state index in [1.807, 2.05) is 20.8 Å². The maximum Gasteiger partial charge on any atom is 0.416 e. The van der Waals surface area contributed by atoms with Crippen LogP contribution in [-0.4, -0.2) is 17.2 Å². The number of hydrogen-bond acceptors (Lipinski definition) is 2. The molecule has 21 heavy (non-hydrogen) atoms. The van der Waals surface area contributed by atoms with Gasteiger partial charge in [-0.05, 0) is 35.3 Å². The molecule has 0 radical (unpaired) electrons. The molecule has 1 aliphatic rings. The van der Waals surface area contributed by atoms with E-state index >= 15 is 0 Å². The Morgan fingerprint density at radius 3 is 2.19 bits per heavy atom. The molecule has 0 spiro atoms. The van der Waals surface area contributed by atoms with Crippen LogP contribution in [0.15, 0.2) is 28.7 Å². The Labute approximate surface area is 140 Å². The van der Waals surface area contributed by atoms with Crippen LogP contribution >= 0.6 is 39.5 Å². The molecule has 0 bridgehead atoms. The zero-order chi connectivity index (χ0) is 15.9. The molecule has 0 amide bonds. The number of hydrogen-bond donors (Lipinski definition) is 0. The molecule has 0 N–H and O–H groups in total. The first-order chi connectivity index (χ1) is 9.56. The predicted octanol–water partition coefficient (Wildman–Crippen LogP) is 6.45. The third kappa shape index (κ3) is 3.58. The molecular formula is C15H18BrF3S2. The van der Waals surface area contributed by atoms with Gasteiger partial charge in [0.1, 0.15) is 0 Å². The van der Waals surface area contributed by atoms with Gasteiger partial charge in [0.2, 0.25) is 0 Å². The summed E-state index contributed by atoms with van der Waals surface area (Å²) in [5.74, 6) is 0.532. The molecule has 1 aliphatic heterocycles. The summed E-state index contributed by atoms with van der Waals surface area (Å²) in [5, 5.41) is -0.0102. The largest absolute Gasteiger partial charge is 0.416 e. The van der Waals surface area contributed by atoms with Crippen LogP contribution in [0.2, 0.25) is 0 Å². The fourth-order valence-electron chi connectivity index (χ4n) is 2.35. The Balaban J connectivity index is 2.46. The molecule has 0 saturated carbocycles. The van der Waals surface area contributed by atoms with Crippen molar-refractivity contribution in [3.63, 3.8) is 0 Å². The summed E-state index contributed by atoms with van der Waals surface area (Å²) < 4.78 is 40.6. The van der Waals surface area contributed by atoms with Crippen molar-refractivity contribution in [3.8, 4) is 0 Å². The van der Waals surface area contributed by atoms with E-state index in [9.17, 15) is 13.2 Å². The number of alkyl halides is 3. The Kier molecular flexibility index (Phi) is 5.02. The van der Waals surface area contributed by atoms with Crippen LogP contribution in [0.1, 0.15) is 32.8 Å². The molecule has 6 heteroatoms. The van der Waals surface area contributed by atoms with Gasteiger partial charge in [-0.3, -0.25) is 0 Å². The van der Waals surface area contributed by atoms with Gasteiger partial charge in [-0.1, -0.05) is 48.8 Å². The molecule has 2 unspecified atom stereocenters. The van der Waals surface area contributed by atoms with E-state index in [0.717, 1.165) is 34.4 Å². The second-order valence-corrected chi connectivity index (χ2v) is 10.1. The van der Waals surface area contributed by atoms with Crippen LogP contribution in [0.3, 0.4) is 0 Å². The van der Waals surface area contributed by atoms with E-state index in [1.165, 1.54) is 0 Å². The molecule has 118 valence electrons. The normalized spacial score (nSPS) is 27.7. The Bertz CT molecular complexity index is 493. The van der Waals surface area contributed by atoms with Crippen LogP contribution in [0.25, 0.3) is 0 Å². The monoisotopic (exact) mass is 398 g/mol. The van der Waals surface area contributed by atoms with Crippen LogP contribution in [-0.2, 0) is 4.08 Å². The van der Waals surface area contributed by atoms with E-state index in [-0.39, 0.29) is 10.7 Å². The average molecular weight is 399 g/mol. The lowest BCUT2D eigenvalue weighted by molar-refractivity contribution is -0.139. The highest BCUT2D eigenvalue weighted by atomic mass is 79.9. The quantitative estimate of drug-likeness (QED) is 0.532. The molecule has 1 saturated heterocycles. The fraction of sp³-hybridized carbons (Fsp3) is 0.600. The smallest absolute Gasteiger partial charge is 0.168 e. The van der Waals surface area contributed by atoms with Gasteiger partial charge in [-0.15, -0.1) is 23.5 Å². The molecule has 1 fully saturated rings. The maximum absolute atomic E-state index is 13.9. The first-order valence-corrected chi connectivity index (χ1v) is 9.37. The Hall–Kier alpha value is 0.190. The lowest BCUT2D eigenvalue weighted by atomic mass is 9.90. The molecule has 1 aromatic carbocycles. The van der Waals surface area contributed by atoms with Gasteiger partial charge in [-0.2, -0.15) is 13.2 Å². The van der Waals surface area contributed by atoms with Crippen molar-refractivity contribution in [2.24, 2.45) is 5.41 Å². The average Bonchev–Trinajstić information content (AvgIpc) is 2.37. The zero-order valence-corrected chi connectivity index (χ0v) is 15.3.